The minimum atomic E-state index is -3.50. The van der Waals surface area contributed by atoms with Gasteiger partial charge in [0.25, 0.3) is 0 Å². The molecule has 33 heavy (non-hydrogen) atoms. The van der Waals surface area contributed by atoms with E-state index in [1.807, 2.05) is 30.3 Å². The fraction of sp³-hybridized carbons (Fsp3) is 0.160. The minimum absolute atomic E-state index is 0.219. The highest BCUT2D eigenvalue weighted by molar-refractivity contribution is 7.89. The third-order valence-electron chi connectivity index (χ3n) is 5.64. The van der Waals surface area contributed by atoms with Gasteiger partial charge in [-0.15, -0.1) is 0 Å². The summed E-state index contributed by atoms with van der Waals surface area (Å²) in [6, 6.07) is 17.9. The molecular formula is C25H23ClN2O4S. The number of nitrogens with one attached hydrogen (secondary N) is 1. The second-order valence-corrected chi connectivity index (χ2v) is 10.7. The lowest BCUT2D eigenvalue weighted by molar-refractivity contribution is 0.0696. The van der Waals surface area contributed by atoms with Crippen molar-refractivity contribution >= 4 is 38.5 Å². The van der Waals surface area contributed by atoms with Crippen LogP contribution in [0.25, 0.3) is 22.0 Å². The van der Waals surface area contributed by atoms with Gasteiger partial charge in [0.15, 0.2) is 0 Å². The van der Waals surface area contributed by atoms with Crippen LogP contribution in [0.1, 0.15) is 27.2 Å². The monoisotopic (exact) mass is 482 g/mol. The lowest BCUT2D eigenvalue weighted by Gasteiger charge is -2.12. The number of sulfonamides is 1. The summed E-state index contributed by atoms with van der Waals surface area (Å²) in [5, 5.41) is 10.9. The van der Waals surface area contributed by atoms with Crippen LogP contribution in [0.5, 0.6) is 0 Å². The van der Waals surface area contributed by atoms with E-state index in [9.17, 15) is 18.3 Å². The van der Waals surface area contributed by atoms with Gasteiger partial charge in [-0.3, -0.25) is 0 Å². The molecule has 0 amide bonds. The highest BCUT2D eigenvalue weighted by atomic mass is 35.5. The van der Waals surface area contributed by atoms with Crippen molar-refractivity contribution in [2.45, 2.75) is 18.2 Å². The van der Waals surface area contributed by atoms with Crippen molar-refractivity contribution in [2.24, 2.45) is 0 Å². The average Bonchev–Trinajstić information content (AvgIpc) is 3.15. The standard InChI is InChI=1S/C25H23ClN2O4S/c1-15-4-5-16(11-21(15)25(29)30)10-19-12-18-13-22(23(26)14-24(18)27-19)17-6-8-20(9-7-17)33(31,32)28(2)3/h4-9,11-14,27H,10H2,1-3H3,(H,29,30). The molecule has 2 N–H and O–H groups in total. The summed E-state index contributed by atoms with van der Waals surface area (Å²) in [6.07, 6.45) is 0.555. The van der Waals surface area contributed by atoms with Crippen LogP contribution >= 0.6 is 11.6 Å². The largest absolute Gasteiger partial charge is 0.478 e. The van der Waals surface area contributed by atoms with Gasteiger partial charge in [0.2, 0.25) is 10.0 Å². The number of aromatic nitrogens is 1. The van der Waals surface area contributed by atoms with E-state index in [1.54, 1.807) is 37.3 Å². The van der Waals surface area contributed by atoms with Crippen molar-refractivity contribution in [1.82, 2.24) is 9.29 Å². The zero-order valence-electron chi connectivity index (χ0n) is 18.4. The fourth-order valence-corrected chi connectivity index (χ4v) is 4.95. The second kappa shape index (κ2) is 8.67. The SMILES string of the molecule is Cc1ccc(Cc2cc3cc(-c4ccc(S(=O)(=O)N(C)C)cc4)c(Cl)cc3[nH]2)cc1C(=O)O. The molecule has 8 heteroatoms. The van der Waals surface area contributed by atoms with Crippen LogP contribution in [0.2, 0.25) is 5.02 Å². The summed E-state index contributed by atoms with van der Waals surface area (Å²) in [5.41, 5.74) is 5.34. The molecule has 0 saturated carbocycles. The molecule has 0 aliphatic carbocycles. The van der Waals surface area contributed by atoms with Crippen molar-refractivity contribution in [3.05, 3.63) is 88.1 Å². The Hall–Kier alpha value is -3.13. The summed E-state index contributed by atoms with van der Waals surface area (Å²) in [7, 11) is -0.506. The molecule has 1 aromatic heterocycles. The highest BCUT2D eigenvalue weighted by Crippen LogP contribution is 2.33. The van der Waals surface area contributed by atoms with Gasteiger partial charge in [-0.1, -0.05) is 35.9 Å². The Morgan fingerprint density at radius 1 is 1.03 bits per heavy atom. The number of aromatic amines is 1. The molecule has 0 fully saturated rings. The smallest absolute Gasteiger partial charge is 0.335 e. The van der Waals surface area contributed by atoms with Crippen molar-refractivity contribution < 1.29 is 18.3 Å². The Balaban J connectivity index is 1.66. The molecule has 4 aromatic rings. The first-order chi connectivity index (χ1) is 15.6. The van der Waals surface area contributed by atoms with Gasteiger partial charge in [0.05, 0.1) is 15.5 Å². The molecule has 4 rings (SSSR count). The summed E-state index contributed by atoms with van der Waals surface area (Å²) in [5.74, 6) is -0.938. The van der Waals surface area contributed by atoms with Gasteiger partial charge in [0.1, 0.15) is 0 Å². The predicted molar refractivity (Wildman–Crippen MR) is 131 cm³/mol. The van der Waals surface area contributed by atoms with Crippen LogP contribution in [0.4, 0.5) is 0 Å². The van der Waals surface area contributed by atoms with Crippen LogP contribution in [-0.2, 0) is 16.4 Å². The summed E-state index contributed by atoms with van der Waals surface area (Å²) < 4.78 is 25.8. The molecule has 3 aromatic carbocycles. The van der Waals surface area contributed by atoms with Crippen molar-refractivity contribution in [1.29, 1.82) is 0 Å². The maximum atomic E-state index is 12.3. The normalized spacial score (nSPS) is 11.9. The van der Waals surface area contributed by atoms with E-state index in [2.05, 4.69) is 4.98 Å². The second-order valence-electron chi connectivity index (χ2n) is 8.16. The summed E-state index contributed by atoms with van der Waals surface area (Å²) in [4.78, 5) is 15.0. The van der Waals surface area contributed by atoms with Crippen LogP contribution < -0.4 is 0 Å². The van der Waals surface area contributed by atoms with Gasteiger partial charge >= 0.3 is 5.97 Å². The van der Waals surface area contributed by atoms with Crippen LogP contribution in [0.3, 0.4) is 0 Å². The maximum Gasteiger partial charge on any atom is 0.335 e. The molecule has 1 heterocycles. The number of benzene rings is 3. The third kappa shape index (κ3) is 4.53. The first kappa shape index (κ1) is 23.0. The Labute approximate surface area is 197 Å². The number of hydrogen-bond acceptors (Lipinski definition) is 3. The third-order valence-corrected chi connectivity index (χ3v) is 7.78. The number of aromatic carboxylic acids is 1. The van der Waals surface area contributed by atoms with Crippen molar-refractivity contribution in [3.8, 4) is 11.1 Å². The quantitative estimate of drug-likeness (QED) is 0.388. The summed E-state index contributed by atoms with van der Waals surface area (Å²) in [6.45, 7) is 1.78. The Morgan fingerprint density at radius 2 is 1.73 bits per heavy atom. The van der Waals surface area contributed by atoms with Gasteiger partial charge in [-0.05, 0) is 60.0 Å². The number of halogens is 1. The van der Waals surface area contributed by atoms with Crippen molar-refractivity contribution in [3.63, 3.8) is 0 Å². The molecule has 0 atom stereocenters. The molecule has 0 bridgehead atoms. The molecule has 0 aliphatic rings. The number of rotatable bonds is 6. The molecule has 0 unspecified atom stereocenters. The van der Waals surface area contributed by atoms with Crippen LogP contribution in [-0.4, -0.2) is 42.9 Å². The molecular weight excluding hydrogens is 460 g/mol. The van der Waals surface area contributed by atoms with E-state index in [1.165, 1.54) is 18.4 Å². The fourth-order valence-electron chi connectivity index (χ4n) is 3.78. The number of hydrogen-bond donors (Lipinski definition) is 2. The number of aryl methyl sites for hydroxylation is 1. The molecule has 0 spiro atoms. The van der Waals surface area contributed by atoms with E-state index in [-0.39, 0.29) is 4.90 Å². The Bertz CT molecular complexity index is 1470. The zero-order chi connectivity index (χ0) is 23.9. The predicted octanol–water partition coefficient (Wildman–Crippen LogP) is 5.34. The number of carboxylic acid groups (broad SMARTS) is 1. The van der Waals surface area contributed by atoms with Gasteiger partial charge in [-0.2, -0.15) is 0 Å². The summed E-state index contributed by atoms with van der Waals surface area (Å²) >= 11 is 6.55. The number of H-pyrrole nitrogens is 1. The molecule has 6 nitrogen and oxygen atoms in total. The number of fused-ring (bicyclic) bond motifs is 1. The number of nitrogens with zero attached hydrogens (tertiary/aromatic N) is 1. The van der Waals surface area contributed by atoms with Gasteiger partial charge in [0, 0.05) is 42.7 Å². The number of carbonyl (C=O) groups is 1. The zero-order valence-corrected chi connectivity index (χ0v) is 20.0. The Kier molecular flexibility index (Phi) is 6.05. The molecule has 170 valence electrons. The lowest BCUT2D eigenvalue weighted by Crippen LogP contribution is -2.22. The van der Waals surface area contributed by atoms with E-state index < -0.39 is 16.0 Å². The molecule has 0 saturated heterocycles. The lowest BCUT2D eigenvalue weighted by atomic mass is 10.0. The van der Waals surface area contributed by atoms with Crippen LogP contribution in [0, 0.1) is 6.92 Å². The van der Waals surface area contributed by atoms with Gasteiger partial charge < -0.3 is 10.1 Å². The maximum absolute atomic E-state index is 12.3. The topological polar surface area (TPSA) is 90.5 Å². The van der Waals surface area contributed by atoms with E-state index in [0.717, 1.165) is 38.9 Å². The van der Waals surface area contributed by atoms with Gasteiger partial charge in [-0.25, -0.2) is 17.5 Å². The number of carboxylic acids is 1. The Morgan fingerprint density at radius 3 is 2.36 bits per heavy atom. The molecule has 0 radical (unpaired) electrons. The first-order valence-corrected chi connectivity index (χ1v) is 12.0. The minimum Gasteiger partial charge on any atom is -0.478 e. The van der Waals surface area contributed by atoms with Crippen LogP contribution in [0.15, 0.2) is 65.6 Å². The first-order valence-electron chi connectivity index (χ1n) is 10.2. The van der Waals surface area contributed by atoms with E-state index in [0.29, 0.717) is 17.0 Å². The highest BCUT2D eigenvalue weighted by Gasteiger charge is 2.17. The van der Waals surface area contributed by atoms with E-state index in [4.69, 9.17) is 11.6 Å². The van der Waals surface area contributed by atoms with Crippen molar-refractivity contribution in [2.75, 3.05) is 14.1 Å². The average molecular weight is 483 g/mol. The van der Waals surface area contributed by atoms with E-state index >= 15 is 0 Å². The molecule has 0 aliphatic heterocycles.